The third kappa shape index (κ3) is 2.50. The molecule has 0 bridgehead atoms. The van der Waals surface area contributed by atoms with Crippen molar-refractivity contribution in [3.63, 3.8) is 0 Å². The Kier molecular flexibility index (Phi) is 3.14. The van der Waals surface area contributed by atoms with Crippen LogP contribution in [0.15, 0.2) is 30.5 Å². The molecule has 0 radical (unpaired) electrons. The summed E-state index contributed by atoms with van der Waals surface area (Å²) < 4.78 is 0. The van der Waals surface area contributed by atoms with Crippen LogP contribution in [-0.4, -0.2) is 27.2 Å². The fraction of sp³-hybridized carbons (Fsp3) is 0. The number of phenolic OH excluding ortho intramolecular Hbond substituents is 2. The molecule has 1 aromatic carbocycles. The minimum absolute atomic E-state index is 0.219. The Bertz CT molecular complexity index is 466. The Balaban J connectivity index is 2.93. The van der Waals surface area contributed by atoms with Crippen molar-refractivity contribution >= 4 is 11.9 Å². The molecule has 0 saturated heterocycles. The number of aliphatic carboxylic acids is 1. The van der Waals surface area contributed by atoms with Crippen molar-refractivity contribution in [3.8, 4) is 11.5 Å². The van der Waals surface area contributed by atoms with E-state index in [9.17, 15) is 14.7 Å². The van der Waals surface area contributed by atoms with Gasteiger partial charge in [-0.3, -0.25) is 4.79 Å². The number of rotatable bonds is 3. The van der Waals surface area contributed by atoms with E-state index in [-0.39, 0.29) is 17.1 Å². The molecule has 1 rings (SSSR count). The largest absolute Gasteiger partial charge is 0.508 e. The van der Waals surface area contributed by atoms with Gasteiger partial charge in [0.2, 0.25) is 0 Å². The molecule has 0 aliphatic heterocycles. The molecule has 1 aromatic rings. The fourth-order valence-electron chi connectivity index (χ4n) is 0.964. The minimum Gasteiger partial charge on any atom is -0.508 e. The van der Waals surface area contributed by atoms with Gasteiger partial charge in [-0.1, -0.05) is 6.58 Å². The number of hydrogen-bond acceptors (Lipinski definition) is 4. The zero-order chi connectivity index (χ0) is 12.3. The molecule has 0 saturated carbocycles. The highest BCUT2D eigenvalue weighted by Crippen LogP contribution is 2.21. The molecule has 84 valence electrons. The monoisotopic (exact) mass is 223 g/mol. The van der Waals surface area contributed by atoms with E-state index in [2.05, 4.69) is 6.58 Å². The average molecular weight is 223 g/mol. The van der Waals surface area contributed by atoms with Gasteiger partial charge in [-0.05, 0) is 18.2 Å². The molecule has 0 fully saturated rings. The summed E-state index contributed by atoms with van der Waals surface area (Å²) in [6.45, 7) is 3.10. The first-order valence-electron chi connectivity index (χ1n) is 4.17. The summed E-state index contributed by atoms with van der Waals surface area (Å²) in [5.41, 5.74) is -0.754. The van der Waals surface area contributed by atoms with E-state index in [1.807, 2.05) is 5.32 Å². The lowest BCUT2D eigenvalue weighted by molar-refractivity contribution is -0.132. The first-order chi connectivity index (χ1) is 7.41. The van der Waals surface area contributed by atoms with Gasteiger partial charge in [-0.2, -0.15) is 0 Å². The van der Waals surface area contributed by atoms with E-state index >= 15 is 0 Å². The van der Waals surface area contributed by atoms with E-state index < -0.39 is 17.6 Å². The minimum atomic E-state index is -1.38. The number of carbonyl (C=O) groups excluding carboxylic acids is 1. The third-order valence-electron chi connectivity index (χ3n) is 1.75. The van der Waals surface area contributed by atoms with E-state index in [0.717, 1.165) is 12.1 Å². The lowest BCUT2D eigenvalue weighted by Crippen LogP contribution is -2.26. The van der Waals surface area contributed by atoms with Crippen LogP contribution in [0, 0.1) is 0 Å². The molecule has 1 amide bonds. The lowest BCUT2D eigenvalue weighted by atomic mass is 10.1. The van der Waals surface area contributed by atoms with Gasteiger partial charge in [0.15, 0.2) is 0 Å². The summed E-state index contributed by atoms with van der Waals surface area (Å²) in [6.07, 6.45) is 0. The Morgan fingerprint density at radius 2 is 1.88 bits per heavy atom. The molecule has 0 atom stereocenters. The lowest BCUT2D eigenvalue weighted by Gasteiger charge is -2.06. The Morgan fingerprint density at radius 1 is 1.25 bits per heavy atom. The third-order valence-corrected chi connectivity index (χ3v) is 1.75. The standard InChI is InChI=1S/C10H9NO5/c1-5(10(15)16)11-9(14)7-4-6(12)2-3-8(7)13/h2-4,12-13H,1H2,(H,11,14)(H,15,16). The Labute approximate surface area is 90.5 Å². The molecular formula is C10H9NO5. The number of benzene rings is 1. The molecule has 16 heavy (non-hydrogen) atoms. The maximum Gasteiger partial charge on any atom is 0.351 e. The second-order valence-corrected chi connectivity index (χ2v) is 2.94. The van der Waals surface area contributed by atoms with Crippen LogP contribution < -0.4 is 5.32 Å². The number of carbonyl (C=O) groups is 2. The van der Waals surface area contributed by atoms with Crippen LogP contribution in [-0.2, 0) is 4.79 Å². The summed E-state index contributed by atoms with van der Waals surface area (Å²) >= 11 is 0. The molecule has 0 spiro atoms. The highest BCUT2D eigenvalue weighted by molar-refractivity contribution is 6.02. The predicted molar refractivity (Wildman–Crippen MR) is 54.0 cm³/mol. The molecule has 0 aromatic heterocycles. The highest BCUT2D eigenvalue weighted by Gasteiger charge is 2.15. The molecule has 6 heteroatoms. The van der Waals surface area contributed by atoms with Gasteiger partial charge >= 0.3 is 5.97 Å². The van der Waals surface area contributed by atoms with Crippen LogP contribution in [0.5, 0.6) is 11.5 Å². The molecule has 0 heterocycles. The zero-order valence-corrected chi connectivity index (χ0v) is 8.10. The van der Waals surface area contributed by atoms with Gasteiger partial charge in [0.05, 0.1) is 5.56 Å². The number of hydrogen-bond donors (Lipinski definition) is 4. The maximum absolute atomic E-state index is 11.4. The molecule has 4 N–H and O–H groups in total. The topological polar surface area (TPSA) is 107 Å². The number of nitrogens with one attached hydrogen (secondary N) is 1. The number of phenols is 2. The Morgan fingerprint density at radius 3 is 2.44 bits per heavy atom. The van der Waals surface area contributed by atoms with E-state index in [4.69, 9.17) is 10.2 Å². The number of carboxylic acid groups (broad SMARTS) is 1. The molecule has 0 unspecified atom stereocenters. The van der Waals surface area contributed by atoms with Gasteiger partial charge in [0.25, 0.3) is 5.91 Å². The van der Waals surface area contributed by atoms with Crippen molar-refractivity contribution < 1.29 is 24.9 Å². The van der Waals surface area contributed by atoms with Gasteiger partial charge < -0.3 is 20.6 Å². The van der Waals surface area contributed by atoms with Crippen molar-refractivity contribution in [2.45, 2.75) is 0 Å². The van der Waals surface area contributed by atoms with Crippen molar-refractivity contribution in [2.24, 2.45) is 0 Å². The summed E-state index contributed by atoms with van der Waals surface area (Å²) in [6, 6.07) is 3.33. The maximum atomic E-state index is 11.4. The van der Waals surface area contributed by atoms with Crippen molar-refractivity contribution in [1.29, 1.82) is 0 Å². The fourth-order valence-corrected chi connectivity index (χ4v) is 0.964. The SMILES string of the molecule is C=C(NC(=O)c1cc(O)ccc1O)C(=O)O. The van der Waals surface area contributed by atoms with Crippen molar-refractivity contribution in [2.75, 3.05) is 0 Å². The van der Waals surface area contributed by atoms with Crippen LogP contribution in [0.3, 0.4) is 0 Å². The molecular weight excluding hydrogens is 214 g/mol. The summed E-state index contributed by atoms with van der Waals surface area (Å²) in [7, 11) is 0. The smallest absolute Gasteiger partial charge is 0.351 e. The van der Waals surface area contributed by atoms with E-state index in [1.165, 1.54) is 6.07 Å². The summed E-state index contributed by atoms with van der Waals surface area (Å²) in [5, 5.41) is 28.8. The number of carboxylic acids is 1. The average Bonchev–Trinajstić information content (AvgIpc) is 2.21. The zero-order valence-electron chi connectivity index (χ0n) is 8.10. The second kappa shape index (κ2) is 4.35. The van der Waals surface area contributed by atoms with Gasteiger partial charge in [0.1, 0.15) is 17.2 Å². The number of amides is 1. The summed E-state index contributed by atoms with van der Waals surface area (Å²) in [4.78, 5) is 21.8. The van der Waals surface area contributed by atoms with Crippen LogP contribution in [0.25, 0.3) is 0 Å². The van der Waals surface area contributed by atoms with Crippen LogP contribution in [0.1, 0.15) is 10.4 Å². The first-order valence-corrected chi connectivity index (χ1v) is 4.17. The highest BCUT2D eigenvalue weighted by atomic mass is 16.4. The van der Waals surface area contributed by atoms with E-state index in [0.29, 0.717) is 0 Å². The number of aromatic hydroxyl groups is 2. The second-order valence-electron chi connectivity index (χ2n) is 2.94. The van der Waals surface area contributed by atoms with Crippen LogP contribution in [0.4, 0.5) is 0 Å². The van der Waals surface area contributed by atoms with Gasteiger partial charge in [-0.15, -0.1) is 0 Å². The quantitative estimate of drug-likeness (QED) is 0.439. The normalized spacial score (nSPS) is 9.50. The predicted octanol–water partition coefficient (Wildman–Crippen LogP) is 0.426. The van der Waals surface area contributed by atoms with Crippen LogP contribution >= 0.6 is 0 Å². The van der Waals surface area contributed by atoms with Crippen molar-refractivity contribution in [3.05, 3.63) is 36.0 Å². The Hall–Kier alpha value is -2.50. The summed E-state index contributed by atoms with van der Waals surface area (Å²) in [5.74, 6) is -2.83. The first kappa shape index (κ1) is 11.6. The molecule has 0 aliphatic rings. The van der Waals surface area contributed by atoms with Crippen LogP contribution in [0.2, 0.25) is 0 Å². The van der Waals surface area contributed by atoms with Crippen molar-refractivity contribution in [1.82, 2.24) is 5.32 Å². The molecule has 0 aliphatic carbocycles. The van der Waals surface area contributed by atoms with Gasteiger partial charge in [-0.25, -0.2) is 4.79 Å². The van der Waals surface area contributed by atoms with Gasteiger partial charge in [0, 0.05) is 0 Å². The van der Waals surface area contributed by atoms with E-state index in [1.54, 1.807) is 0 Å². The molecule has 6 nitrogen and oxygen atoms in total.